The second-order valence-electron chi connectivity index (χ2n) is 3.20. The topological polar surface area (TPSA) is 20.3 Å². The Bertz CT molecular complexity index is 364. The van der Waals surface area contributed by atoms with Gasteiger partial charge in [-0.05, 0) is 13.0 Å². The molecule has 1 atom stereocenters. The Morgan fingerprint density at radius 2 is 2.20 bits per heavy atom. The van der Waals surface area contributed by atoms with Crippen LogP contribution in [0.3, 0.4) is 0 Å². The third-order valence-corrected chi connectivity index (χ3v) is 3.38. The highest BCUT2D eigenvalue weighted by Gasteiger charge is 2.18. The Labute approximate surface area is 108 Å². The van der Waals surface area contributed by atoms with Crippen LogP contribution < -0.4 is 0 Å². The molecule has 6 heteroatoms. The summed E-state index contributed by atoms with van der Waals surface area (Å²) in [4.78, 5) is 13.4. The Kier molecular flexibility index (Phi) is 4.71. The number of carbonyl (C=O) groups is 1. The first-order valence-electron chi connectivity index (χ1n) is 4.26. The number of amides is 1. The molecule has 0 aromatic carbocycles. The highest BCUT2D eigenvalue weighted by atomic mass is 35.5. The van der Waals surface area contributed by atoms with E-state index in [1.165, 1.54) is 16.2 Å². The van der Waals surface area contributed by atoms with Crippen LogP contribution in [0.25, 0.3) is 0 Å². The molecule has 0 N–H and O–H groups in total. The van der Waals surface area contributed by atoms with Crippen LogP contribution in [0.1, 0.15) is 17.3 Å². The fraction of sp³-hybridized carbons (Fsp3) is 0.444. The summed E-state index contributed by atoms with van der Waals surface area (Å²) in [5.74, 6) is -0.157. The molecule has 1 amide bonds. The van der Waals surface area contributed by atoms with E-state index in [0.29, 0.717) is 20.8 Å². The van der Waals surface area contributed by atoms with Crippen molar-refractivity contribution < 1.29 is 4.79 Å². The van der Waals surface area contributed by atoms with Gasteiger partial charge in [-0.3, -0.25) is 4.79 Å². The van der Waals surface area contributed by atoms with Gasteiger partial charge in [0.15, 0.2) is 0 Å². The quantitative estimate of drug-likeness (QED) is 0.775. The van der Waals surface area contributed by atoms with Crippen molar-refractivity contribution in [2.45, 2.75) is 12.3 Å². The lowest BCUT2D eigenvalue weighted by Crippen LogP contribution is -2.31. The van der Waals surface area contributed by atoms with Crippen LogP contribution in [-0.2, 0) is 0 Å². The summed E-state index contributed by atoms with van der Waals surface area (Å²) in [7, 11) is 1.68. The summed E-state index contributed by atoms with van der Waals surface area (Å²) < 4.78 is 0.926. The van der Waals surface area contributed by atoms with Crippen molar-refractivity contribution >= 4 is 52.0 Å². The Morgan fingerprint density at radius 3 is 2.60 bits per heavy atom. The summed E-state index contributed by atoms with van der Waals surface area (Å²) in [5.41, 5.74) is 0.437. The molecule has 0 bridgehead atoms. The Morgan fingerprint density at radius 1 is 1.60 bits per heavy atom. The lowest BCUT2D eigenvalue weighted by Gasteiger charge is -2.17. The van der Waals surface area contributed by atoms with Gasteiger partial charge in [-0.1, -0.05) is 23.2 Å². The van der Waals surface area contributed by atoms with Crippen molar-refractivity contribution in [3.05, 3.63) is 20.3 Å². The lowest BCUT2D eigenvalue weighted by atomic mass is 10.3. The summed E-state index contributed by atoms with van der Waals surface area (Å²) in [5, 5.41) is -0.0909. The van der Waals surface area contributed by atoms with Crippen LogP contribution in [0.5, 0.6) is 0 Å². The van der Waals surface area contributed by atoms with E-state index in [0.717, 1.165) is 0 Å². The maximum absolute atomic E-state index is 11.8. The van der Waals surface area contributed by atoms with Gasteiger partial charge in [0.25, 0.3) is 5.91 Å². The molecule has 2 nitrogen and oxygen atoms in total. The van der Waals surface area contributed by atoms with Crippen LogP contribution in [0.4, 0.5) is 0 Å². The average molecular weight is 287 g/mol. The number of alkyl halides is 1. The van der Waals surface area contributed by atoms with Crippen LogP contribution >= 0.6 is 46.1 Å². The predicted molar refractivity (Wildman–Crippen MR) is 66.6 cm³/mol. The van der Waals surface area contributed by atoms with Crippen molar-refractivity contribution in [3.63, 3.8) is 0 Å². The van der Waals surface area contributed by atoms with Gasteiger partial charge in [-0.25, -0.2) is 0 Å². The SMILES string of the molecule is CC(Cl)CN(C)C(=O)c1cc(Cl)sc1Cl. The first kappa shape index (κ1) is 13.1. The molecule has 84 valence electrons. The molecular formula is C9H10Cl3NOS. The minimum absolute atomic E-state index is 0.0909. The molecule has 1 unspecified atom stereocenters. The number of rotatable bonds is 3. The molecule has 0 spiro atoms. The maximum Gasteiger partial charge on any atom is 0.256 e. The van der Waals surface area contributed by atoms with Crippen LogP contribution in [-0.4, -0.2) is 29.8 Å². The van der Waals surface area contributed by atoms with E-state index in [4.69, 9.17) is 34.8 Å². The standard InChI is InChI=1S/C9H10Cl3NOS/c1-5(10)4-13(2)9(14)6-3-7(11)15-8(6)12/h3,5H,4H2,1-2H3. The van der Waals surface area contributed by atoms with Gasteiger partial charge in [0.2, 0.25) is 0 Å². The fourth-order valence-corrected chi connectivity index (χ4v) is 2.81. The molecule has 1 rings (SSSR count). The molecule has 0 radical (unpaired) electrons. The van der Waals surface area contributed by atoms with Gasteiger partial charge >= 0.3 is 0 Å². The summed E-state index contributed by atoms with van der Waals surface area (Å²) >= 11 is 18.6. The number of halogens is 3. The van der Waals surface area contributed by atoms with E-state index in [9.17, 15) is 4.79 Å². The largest absolute Gasteiger partial charge is 0.340 e. The minimum atomic E-state index is -0.157. The van der Waals surface area contributed by atoms with Gasteiger partial charge in [-0.15, -0.1) is 22.9 Å². The molecule has 15 heavy (non-hydrogen) atoms. The highest BCUT2D eigenvalue weighted by molar-refractivity contribution is 7.20. The monoisotopic (exact) mass is 285 g/mol. The van der Waals surface area contributed by atoms with E-state index < -0.39 is 0 Å². The number of carbonyl (C=O) groups excluding carboxylic acids is 1. The minimum Gasteiger partial charge on any atom is -0.340 e. The molecule has 1 aromatic heterocycles. The van der Waals surface area contributed by atoms with Gasteiger partial charge in [0.1, 0.15) is 4.34 Å². The number of thiophene rings is 1. The second-order valence-corrected chi connectivity index (χ2v) is 6.23. The molecule has 0 saturated heterocycles. The van der Waals surface area contributed by atoms with E-state index in [-0.39, 0.29) is 11.3 Å². The summed E-state index contributed by atoms with van der Waals surface area (Å²) in [6.45, 7) is 2.30. The van der Waals surface area contributed by atoms with E-state index in [1.54, 1.807) is 13.1 Å². The van der Waals surface area contributed by atoms with E-state index >= 15 is 0 Å². The van der Waals surface area contributed by atoms with E-state index in [1.807, 2.05) is 6.92 Å². The van der Waals surface area contributed by atoms with Crippen LogP contribution in [0.2, 0.25) is 8.67 Å². The summed E-state index contributed by atoms with van der Waals surface area (Å²) in [6, 6.07) is 1.58. The fourth-order valence-electron chi connectivity index (χ4n) is 1.15. The molecule has 0 aliphatic heterocycles. The Hall–Kier alpha value is 0.0400. The third kappa shape index (κ3) is 3.52. The normalized spacial score (nSPS) is 12.6. The summed E-state index contributed by atoms with van der Waals surface area (Å²) in [6.07, 6.45) is 0. The molecular weight excluding hydrogens is 277 g/mol. The maximum atomic E-state index is 11.8. The van der Waals surface area contributed by atoms with E-state index in [2.05, 4.69) is 0 Å². The second kappa shape index (κ2) is 5.39. The molecule has 0 aliphatic rings. The zero-order valence-electron chi connectivity index (χ0n) is 8.26. The smallest absolute Gasteiger partial charge is 0.256 e. The van der Waals surface area contributed by atoms with Gasteiger partial charge in [0, 0.05) is 19.0 Å². The molecule has 0 saturated carbocycles. The van der Waals surface area contributed by atoms with Crippen molar-refractivity contribution in [2.75, 3.05) is 13.6 Å². The molecule has 1 heterocycles. The van der Waals surface area contributed by atoms with Gasteiger partial charge in [0.05, 0.1) is 9.90 Å². The van der Waals surface area contributed by atoms with Gasteiger partial charge < -0.3 is 4.90 Å². The molecule has 1 aromatic rings. The number of hydrogen-bond donors (Lipinski definition) is 0. The predicted octanol–water partition coefficient (Wildman–Crippen LogP) is 3.75. The Balaban J connectivity index is 2.80. The lowest BCUT2D eigenvalue weighted by molar-refractivity contribution is 0.0797. The first-order valence-corrected chi connectivity index (χ1v) is 6.27. The molecule has 0 fully saturated rings. The molecule has 0 aliphatic carbocycles. The van der Waals surface area contributed by atoms with Crippen LogP contribution in [0, 0.1) is 0 Å². The van der Waals surface area contributed by atoms with Gasteiger partial charge in [-0.2, -0.15) is 0 Å². The van der Waals surface area contributed by atoms with Crippen molar-refractivity contribution in [1.29, 1.82) is 0 Å². The highest BCUT2D eigenvalue weighted by Crippen LogP contribution is 2.31. The zero-order chi connectivity index (χ0) is 11.6. The van der Waals surface area contributed by atoms with Crippen molar-refractivity contribution in [1.82, 2.24) is 4.90 Å². The van der Waals surface area contributed by atoms with Crippen molar-refractivity contribution in [3.8, 4) is 0 Å². The number of nitrogens with zero attached hydrogens (tertiary/aromatic N) is 1. The average Bonchev–Trinajstić information content (AvgIpc) is 2.42. The zero-order valence-corrected chi connectivity index (χ0v) is 11.3. The first-order chi connectivity index (χ1) is 6.91. The van der Waals surface area contributed by atoms with Crippen molar-refractivity contribution in [2.24, 2.45) is 0 Å². The third-order valence-electron chi connectivity index (χ3n) is 1.76. The van der Waals surface area contributed by atoms with Crippen LogP contribution in [0.15, 0.2) is 6.07 Å². The number of hydrogen-bond acceptors (Lipinski definition) is 2.